The van der Waals surface area contributed by atoms with E-state index in [9.17, 15) is 9.59 Å². The Morgan fingerprint density at radius 2 is 1.73 bits per heavy atom. The van der Waals surface area contributed by atoms with Gasteiger partial charge in [0.05, 0.1) is 0 Å². The molecule has 0 aromatic carbocycles. The van der Waals surface area contributed by atoms with Gasteiger partial charge < -0.3 is 0 Å². The van der Waals surface area contributed by atoms with E-state index < -0.39 is 0 Å². The first-order chi connectivity index (χ1) is 7.15. The first-order valence-corrected chi connectivity index (χ1v) is 5.62. The van der Waals surface area contributed by atoms with Crippen molar-refractivity contribution in [2.45, 2.75) is 46.0 Å². The van der Waals surface area contributed by atoms with Crippen LogP contribution in [0.5, 0.6) is 0 Å². The second kappa shape index (κ2) is 5.64. The SMILES string of the molecule is CCCCCCC1=CC(=O)C(C)=CC1=O. The Kier molecular flexibility index (Phi) is 4.47. The summed E-state index contributed by atoms with van der Waals surface area (Å²) in [7, 11) is 0. The fraction of sp³-hybridized carbons (Fsp3) is 0.538. The number of hydrogen-bond donors (Lipinski definition) is 0. The summed E-state index contributed by atoms with van der Waals surface area (Å²) >= 11 is 0. The Hall–Kier alpha value is -1.18. The van der Waals surface area contributed by atoms with E-state index in [1.165, 1.54) is 25.0 Å². The molecule has 1 rings (SSSR count). The van der Waals surface area contributed by atoms with Gasteiger partial charge in [0, 0.05) is 11.1 Å². The van der Waals surface area contributed by atoms with Crippen LogP contribution in [0.25, 0.3) is 0 Å². The normalized spacial score (nSPS) is 16.4. The van der Waals surface area contributed by atoms with Crippen molar-refractivity contribution in [1.82, 2.24) is 0 Å². The lowest BCUT2D eigenvalue weighted by Crippen LogP contribution is -2.11. The predicted octanol–water partition coefficient (Wildman–Crippen LogP) is 2.98. The van der Waals surface area contributed by atoms with Crippen molar-refractivity contribution in [3.05, 3.63) is 23.3 Å². The van der Waals surface area contributed by atoms with Crippen LogP contribution in [-0.4, -0.2) is 11.6 Å². The van der Waals surface area contributed by atoms with Crippen molar-refractivity contribution < 1.29 is 9.59 Å². The van der Waals surface area contributed by atoms with Gasteiger partial charge in [-0.15, -0.1) is 0 Å². The van der Waals surface area contributed by atoms with Gasteiger partial charge in [0.1, 0.15) is 0 Å². The van der Waals surface area contributed by atoms with E-state index in [1.54, 1.807) is 6.92 Å². The molecule has 15 heavy (non-hydrogen) atoms. The molecule has 2 nitrogen and oxygen atoms in total. The van der Waals surface area contributed by atoms with Gasteiger partial charge in [-0.05, 0) is 31.9 Å². The van der Waals surface area contributed by atoms with Crippen LogP contribution in [0.1, 0.15) is 46.0 Å². The average molecular weight is 206 g/mol. The van der Waals surface area contributed by atoms with Crippen molar-refractivity contribution in [2.75, 3.05) is 0 Å². The molecule has 0 unspecified atom stereocenters. The quantitative estimate of drug-likeness (QED) is 0.512. The van der Waals surface area contributed by atoms with E-state index in [2.05, 4.69) is 6.92 Å². The van der Waals surface area contributed by atoms with Crippen molar-refractivity contribution in [3.8, 4) is 0 Å². The Morgan fingerprint density at radius 3 is 2.40 bits per heavy atom. The summed E-state index contributed by atoms with van der Waals surface area (Å²) in [6.07, 6.45) is 8.23. The molecule has 0 aliphatic heterocycles. The second-order valence-corrected chi connectivity index (χ2v) is 4.04. The highest BCUT2D eigenvalue weighted by atomic mass is 16.1. The zero-order valence-corrected chi connectivity index (χ0v) is 9.51. The first-order valence-electron chi connectivity index (χ1n) is 5.62. The molecule has 0 bridgehead atoms. The Morgan fingerprint density at radius 1 is 1.00 bits per heavy atom. The van der Waals surface area contributed by atoms with Crippen LogP contribution in [0.2, 0.25) is 0 Å². The van der Waals surface area contributed by atoms with Gasteiger partial charge in [0.2, 0.25) is 0 Å². The number of rotatable bonds is 5. The van der Waals surface area contributed by atoms with E-state index in [0.29, 0.717) is 11.1 Å². The third kappa shape index (κ3) is 3.46. The third-order valence-corrected chi connectivity index (χ3v) is 2.66. The van der Waals surface area contributed by atoms with Crippen LogP contribution >= 0.6 is 0 Å². The molecule has 2 heteroatoms. The molecule has 0 fully saturated rings. The van der Waals surface area contributed by atoms with E-state index in [4.69, 9.17) is 0 Å². The molecule has 0 N–H and O–H groups in total. The summed E-state index contributed by atoms with van der Waals surface area (Å²) in [5.41, 5.74) is 1.24. The molecular formula is C13H18O2. The van der Waals surface area contributed by atoms with Crippen molar-refractivity contribution >= 4 is 11.6 Å². The largest absolute Gasteiger partial charge is 0.290 e. The van der Waals surface area contributed by atoms with Crippen molar-refractivity contribution in [3.63, 3.8) is 0 Å². The lowest BCUT2D eigenvalue weighted by Gasteiger charge is -2.09. The standard InChI is InChI=1S/C13H18O2/c1-3-4-5-6-7-11-9-12(14)10(2)8-13(11)15/h8-9H,3-7H2,1-2H3. The van der Waals surface area contributed by atoms with E-state index in [1.807, 2.05) is 0 Å². The zero-order valence-electron chi connectivity index (χ0n) is 9.51. The number of hydrogen-bond acceptors (Lipinski definition) is 2. The molecule has 0 atom stereocenters. The van der Waals surface area contributed by atoms with Crippen LogP contribution in [0.15, 0.2) is 23.3 Å². The summed E-state index contributed by atoms with van der Waals surface area (Å²) in [5.74, 6) is 0.00342. The molecule has 0 heterocycles. The van der Waals surface area contributed by atoms with Gasteiger partial charge >= 0.3 is 0 Å². The zero-order chi connectivity index (χ0) is 11.3. The van der Waals surface area contributed by atoms with Gasteiger partial charge in [0.25, 0.3) is 0 Å². The molecule has 0 saturated heterocycles. The molecule has 0 amide bonds. The highest BCUT2D eigenvalue weighted by Crippen LogP contribution is 2.17. The highest BCUT2D eigenvalue weighted by Gasteiger charge is 2.16. The summed E-state index contributed by atoms with van der Waals surface area (Å²) in [6.45, 7) is 3.84. The molecule has 82 valence electrons. The maximum absolute atomic E-state index is 11.5. The van der Waals surface area contributed by atoms with E-state index >= 15 is 0 Å². The maximum Gasteiger partial charge on any atom is 0.182 e. The highest BCUT2D eigenvalue weighted by molar-refractivity contribution is 6.19. The lowest BCUT2D eigenvalue weighted by molar-refractivity contribution is -0.115. The molecular weight excluding hydrogens is 188 g/mol. The minimum Gasteiger partial charge on any atom is -0.290 e. The third-order valence-electron chi connectivity index (χ3n) is 2.66. The van der Waals surface area contributed by atoms with Crippen LogP contribution in [0.4, 0.5) is 0 Å². The monoisotopic (exact) mass is 206 g/mol. The van der Waals surface area contributed by atoms with Crippen LogP contribution in [0, 0.1) is 0 Å². The van der Waals surface area contributed by atoms with Crippen molar-refractivity contribution in [1.29, 1.82) is 0 Å². The summed E-state index contributed by atoms with van der Waals surface area (Å²) < 4.78 is 0. The molecule has 1 aliphatic rings. The number of carbonyl (C=O) groups excluding carboxylic acids is 2. The van der Waals surface area contributed by atoms with Gasteiger partial charge in [0.15, 0.2) is 11.6 Å². The average Bonchev–Trinajstić information content (AvgIpc) is 2.20. The summed E-state index contributed by atoms with van der Waals surface area (Å²) in [4.78, 5) is 22.9. The Balaban J connectivity index is 2.46. The Labute approximate surface area is 91.1 Å². The minimum absolute atomic E-state index is 0.0138. The fourth-order valence-corrected chi connectivity index (χ4v) is 1.64. The maximum atomic E-state index is 11.5. The van der Waals surface area contributed by atoms with Crippen LogP contribution in [0.3, 0.4) is 0 Å². The number of unbranched alkanes of at least 4 members (excludes halogenated alkanes) is 3. The molecule has 0 spiro atoms. The van der Waals surface area contributed by atoms with Gasteiger partial charge in [-0.25, -0.2) is 0 Å². The molecule has 0 aromatic heterocycles. The molecule has 0 aromatic rings. The van der Waals surface area contributed by atoms with E-state index in [-0.39, 0.29) is 11.6 Å². The first kappa shape index (κ1) is 11.9. The van der Waals surface area contributed by atoms with E-state index in [0.717, 1.165) is 19.3 Å². The second-order valence-electron chi connectivity index (χ2n) is 4.04. The minimum atomic E-state index is -0.0138. The Bertz CT molecular complexity index is 321. The summed E-state index contributed by atoms with van der Waals surface area (Å²) in [5, 5.41) is 0. The van der Waals surface area contributed by atoms with Gasteiger partial charge in [-0.1, -0.05) is 26.2 Å². The van der Waals surface area contributed by atoms with Gasteiger partial charge in [-0.2, -0.15) is 0 Å². The smallest absolute Gasteiger partial charge is 0.182 e. The number of allylic oxidation sites excluding steroid dienone is 4. The van der Waals surface area contributed by atoms with Crippen LogP contribution < -0.4 is 0 Å². The molecule has 1 aliphatic carbocycles. The molecule has 0 radical (unpaired) electrons. The number of ketones is 2. The predicted molar refractivity (Wildman–Crippen MR) is 60.6 cm³/mol. The van der Waals surface area contributed by atoms with Crippen LogP contribution in [-0.2, 0) is 9.59 Å². The fourth-order valence-electron chi connectivity index (χ4n) is 1.64. The van der Waals surface area contributed by atoms with Crippen molar-refractivity contribution in [2.24, 2.45) is 0 Å². The molecule has 0 saturated carbocycles. The topological polar surface area (TPSA) is 34.1 Å². The lowest BCUT2D eigenvalue weighted by atomic mass is 9.94. The van der Waals surface area contributed by atoms with Gasteiger partial charge in [-0.3, -0.25) is 9.59 Å². The number of carbonyl (C=O) groups is 2. The summed E-state index contributed by atoms with van der Waals surface area (Å²) in [6, 6.07) is 0.